The first-order valence-electron chi connectivity index (χ1n) is 8.23. The highest BCUT2D eigenvalue weighted by molar-refractivity contribution is 5.61. The predicted octanol–water partition coefficient (Wildman–Crippen LogP) is 4.38. The lowest BCUT2D eigenvalue weighted by atomic mass is 10.0. The van der Waals surface area contributed by atoms with Gasteiger partial charge in [-0.15, -0.1) is 0 Å². The van der Waals surface area contributed by atoms with Crippen LogP contribution in [-0.2, 0) is 0 Å². The van der Waals surface area contributed by atoms with Crippen molar-refractivity contribution in [1.29, 1.82) is 0 Å². The second-order valence-corrected chi connectivity index (χ2v) is 5.65. The summed E-state index contributed by atoms with van der Waals surface area (Å²) in [4.78, 5) is 2.40. The molecule has 0 saturated heterocycles. The number of hydrogen-bond acceptors (Lipinski definition) is 3. The van der Waals surface area contributed by atoms with E-state index in [2.05, 4.69) is 63.2 Å². The Morgan fingerprint density at radius 3 is 2.38 bits per heavy atom. The zero-order valence-electron chi connectivity index (χ0n) is 14.6. The van der Waals surface area contributed by atoms with Gasteiger partial charge in [-0.25, -0.2) is 0 Å². The van der Waals surface area contributed by atoms with Gasteiger partial charge < -0.3 is 15.0 Å². The molecule has 0 heterocycles. The van der Waals surface area contributed by atoms with Crippen molar-refractivity contribution < 1.29 is 4.74 Å². The molecule has 0 aromatic heterocycles. The van der Waals surface area contributed by atoms with Gasteiger partial charge in [-0.1, -0.05) is 26.8 Å². The highest BCUT2D eigenvalue weighted by Gasteiger charge is 2.21. The Hall–Kier alpha value is -1.22. The van der Waals surface area contributed by atoms with E-state index in [9.17, 15) is 0 Å². The average Bonchev–Trinajstić information content (AvgIpc) is 2.52. The van der Waals surface area contributed by atoms with E-state index in [1.807, 2.05) is 0 Å². The van der Waals surface area contributed by atoms with Crippen LogP contribution in [0.15, 0.2) is 18.2 Å². The van der Waals surface area contributed by atoms with Gasteiger partial charge >= 0.3 is 0 Å². The Balaban J connectivity index is 3.18. The van der Waals surface area contributed by atoms with Gasteiger partial charge in [-0.2, -0.15) is 0 Å². The molecular formula is C18H32N2O. The Morgan fingerprint density at radius 2 is 1.86 bits per heavy atom. The van der Waals surface area contributed by atoms with Crippen molar-refractivity contribution >= 4 is 5.69 Å². The molecule has 1 aromatic rings. The quantitative estimate of drug-likeness (QED) is 0.731. The van der Waals surface area contributed by atoms with Crippen LogP contribution in [-0.4, -0.2) is 26.7 Å². The minimum atomic E-state index is 0.285. The molecule has 0 fully saturated rings. The van der Waals surface area contributed by atoms with Gasteiger partial charge in [0, 0.05) is 30.4 Å². The number of ether oxygens (including phenoxy) is 1. The van der Waals surface area contributed by atoms with E-state index in [1.54, 1.807) is 7.11 Å². The summed E-state index contributed by atoms with van der Waals surface area (Å²) in [7, 11) is 3.95. The second kappa shape index (κ2) is 8.93. The third kappa shape index (κ3) is 4.37. The van der Waals surface area contributed by atoms with Crippen molar-refractivity contribution in [3.8, 4) is 5.75 Å². The van der Waals surface area contributed by atoms with Crippen LogP contribution in [0.3, 0.4) is 0 Å². The molecule has 0 aliphatic carbocycles. The highest BCUT2D eigenvalue weighted by atomic mass is 16.5. The Bertz CT molecular complexity index is 416. The summed E-state index contributed by atoms with van der Waals surface area (Å²) < 4.78 is 5.62. The Labute approximate surface area is 130 Å². The number of rotatable bonds is 9. The van der Waals surface area contributed by atoms with E-state index in [-0.39, 0.29) is 6.04 Å². The number of methoxy groups -OCH3 is 1. The van der Waals surface area contributed by atoms with E-state index in [4.69, 9.17) is 4.74 Å². The number of benzene rings is 1. The molecule has 120 valence electrons. The zero-order valence-corrected chi connectivity index (χ0v) is 14.6. The minimum Gasteiger partial charge on any atom is -0.496 e. The molecule has 0 spiro atoms. The molecule has 1 aromatic carbocycles. The summed E-state index contributed by atoms with van der Waals surface area (Å²) in [6.45, 7) is 9.94. The van der Waals surface area contributed by atoms with Gasteiger partial charge in [0.15, 0.2) is 0 Å². The molecule has 0 saturated carbocycles. The molecular weight excluding hydrogens is 260 g/mol. The van der Waals surface area contributed by atoms with E-state index in [0.29, 0.717) is 6.04 Å². The van der Waals surface area contributed by atoms with Crippen molar-refractivity contribution in [2.45, 2.75) is 59.0 Å². The van der Waals surface area contributed by atoms with Crippen LogP contribution in [0.1, 0.15) is 58.6 Å². The molecule has 0 aliphatic heterocycles. The fraction of sp³-hybridized carbons (Fsp3) is 0.667. The van der Waals surface area contributed by atoms with Crippen LogP contribution < -0.4 is 15.0 Å². The average molecular weight is 292 g/mol. The van der Waals surface area contributed by atoms with Crippen molar-refractivity contribution in [2.24, 2.45) is 0 Å². The maximum Gasteiger partial charge on any atom is 0.125 e. The van der Waals surface area contributed by atoms with Crippen LogP contribution in [0, 0.1) is 0 Å². The van der Waals surface area contributed by atoms with Crippen molar-refractivity contribution in [3.05, 3.63) is 23.8 Å². The normalized spacial score (nSPS) is 12.5. The summed E-state index contributed by atoms with van der Waals surface area (Å²) in [6, 6.07) is 7.20. The van der Waals surface area contributed by atoms with Crippen LogP contribution in [0.25, 0.3) is 0 Å². The molecule has 0 amide bonds. The summed E-state index contributed by atoms with van der Waals surface area (Å²) in [5, 5.41) is 3.59. The zero-order chi connectivity index (χ0) is 15.8. The largest absolute Gasteiger partial charge is 0.496 e. The van der Waals surface area contributed by atoms with Gasteiger partial charge in [0.1, 0.15) is 5.75 Å². The molecule has 0 bridgehead atoms. The van der Waals surface area contributed by atoms with E-state index >= 15 is 0 Å². The van der Waals surface area contributed by atoms with E-state index in [0.717, 1.165) is 31.6 Å². The lowest BCUT2D eigenvalue weighted by Gasteiger charge is -2.32. The van der Waals surface area contributed by atoms with E-state index < -0.39 is 0 Å². The number of nitrogens with one attached hydrogen (secondary N) is 1. The van der Waals surface area contributed by atoms with Crippen molar-refractivity contribution in [1.82, 2.24) is 5.32 Å². The number of nitrogens with zero attached hydrogens (tertiary/aromatic N) is 1. The van der Waals surface area contributed by atoms with Crippen LogP contribution in [0.2, 0.25) is 0 Å². The molecule has 21 heavy (non-hydrogen) atoms. The van der Waals surface area contributed by atoms with Crippen LogP contribution in [0.5, 0.6) is 5.75 Å². The van der Waals surface area contributed by atoms with Crippen molar-refractivity contribution in [2.75, 3.05) is 25.6 Å². The molecule has 1 N–H and O–H groups in total. The fourth-order valence-electron chi connectivity index (χ4n) is 2.95. The number of anilines is 1. The van der Waals surface area contributed by atoms with Gasteiger partial charge in [0.2, 0.25) is 0 Å². The standard InChI is InChI=1S/C18H32N2O/c1-7-13-19-14(4)18-16(11-10-12-17(18)21-6)20(5)15(8-2)9-3/h10-12,14-15,19H,7-9,13H2,1-6H3. The minimum absolute atomic E-state index is 0.285. The first-order valence-corrected chi connectivity index (χ1v) is 8.23. The molecule has 1 rings (SSSR count). The molecule has 1 unspecified atom stereocenters. The Kier molecular flexibility index (Phi) is 7.58. The summed E-state index contributed by atoms with van der Waals surface area (Å²) in [5.74, 6) is 0.974. The third-order valence-electron chi connectivity index (χ3n) is 4.27. The van der Waals surface area contributed by atoms with Crippen molar-refractivity contribution in [3.63, 3.8) is 0 Å². The number of hydrogen-bond donors (Lipinski definition) is 1. The molecule has 1 atom stereocenters. The molecule has 3 heteroatoms. The van der Waals surface area contributed by atoms with Gasteiger partial charge in [0.05, 0.1) is 7.11 Å². The smallest absolute Gasteiger partial charge is 0.125 e. The topological polar surface area (TPSA) is 24.5 Å². The van der Waals surface area contributed by atoms with E-state index in [1.165, 1.54) is 11.3 Å². The van der Waals surface area contributed by atoms with Gasteiger partial charge in [-0.3, -0.25) is 0 Å². The van der Waals surface area contributed by atoms with Crippen LogP contribution in [0.4, 0.5) is 5.69 Å². The lowest BCUT2D eigenvalue weighted by molar-refractivity contribution is 0.401. The van der Waals surface area contributed by atoms with Crippen LogP contribution >= 0.6 is 0 Å². The maximum absolute atomic E-state index is 5.62. The molecule has 0 radical (unpaired) electrons. The molecule has 0 aliphatic rings. The first-order chi connectivity index (χ1) is 10.1. The highest BCUT2D eigenvalue weighted by Crippen LogP contribution is 2.35. The lowest BCUT2D eigenvalue weighted by Crippen LogP contribution is -2.32. The predicted molar refractivity (Wildman–Crippen MR) is 92.5 cm³/mol. The first kappa shape index (κ1) is 17.8. The van der Waals surface area contributed by atoms with Gasteiger partial charge in [0.25, 0.3) is 0 Å². The summed E-state index contributed by atoms with van der Waals surface area (Å²) >= 11 is 0. The van der Waals surface area contributed by atoms with Gasteiger partial charge in [-0.05, 0) is 44.9 Å². The second-order valence-electron chi connectivity index (χ2n) is 5.65. The maximum atomic E-state index is 5.62. The fourth-order valence-corrected chi connectivity index (χ4v) is 2.95. The summed E-state index contributed by atoms with van der Waals surface area (Å²) in [6.07, 6.45) is 3.44. The monoisotopic (exact) mass is 292 g/mol. The molecule has 3 nitrogen and oxygen atoms in total. The summed E-state index contributed by atoms with van der Waals surface area (Å²) in [5.41, 5.74) is 2.54. The Morgan fingerprint density at radius 1 is 1.19 bits per heavy atom. The third-order valence-corrected chi connectivity index (χ3v) is 4.27. The SMILES string of the molecule is CCCNC(C)c1c(OC)cccc1N(C)C(CC)CC.